The Kier molecular flexibility index (Phi) is 5.04. The first-order valence-corrected chi connectivity index (χ1v) is 8.08. The van der Waals surface area contributed by atoms with Crippen LogP contribution in [0.2, 0.25) is 0 Å². The lowest BCUT2D eigenvalue weighted by molar-refractivity contribution is -0.385. The predicted molar refractivity (Wildman–Crippen MR) is 98.4 cm³/mol. The van der Waals surface area contributed by atoms with E-state index in [-0.39, 0.29) is 5.69 Å². The molecule has 0 amide bonds. The van der Waals surface area contributed by atoms with Crippen molar-refractivity contribution in [1.29, 1.82) is 0 Å². The van der Waals surface area contributed by atoms with Crippen LogP contribution in [-0.4, -0.2) is 9.91 Å². The number of hydrogen-bond donors (Lipinski definition) is 0. The fourth-order valence-electron chi connectivity index (χ4n) is 2.74. The zero-order valence-corrected chi connectivity index (χ0v) is 14.0. The molecule has 0 bridgehead atoms. The second-order valence-corrected chi connectivity index (χ2v) is 5.86. The van der Waals surface area contributed by atoms with E-state index < -0.39 is 4.92 Å². The maximum absolute atomic E-state index is 11.0. The van der Waals surface area contributed by atoms with Crippen LogP contribution in [0.3, 0.4) is 0 Å². The van der Waals surface area contributed by atoms with Crippen molar-refractivity contribution in [2.24, 2.45) is 0 Å². The van der Waals surface area contributed by atoms with Crippen LogP contribution in [-0.2, 0) is 13.1 Å². The van der Waals surface area contributed by atoms with Crippen molar-refractivity contribution >= 4 is 11.5 Å². The van der Waals surface area contributed by atoms with Gasteiger partial charge in [-0.1, -0.05) is 60.7 Å². The van der Waals surface area contributed by atoms with Crippen LogP contribution in [0.4, 0.5) is 11.5 Å². The Morgan fingerprint density at radius 1 is 0.880 bits per heavy atom. The van der Waals surface area contributed by atoms with Gasteiger partial charge in [0.05, 0.1) is 4.92 Å². The molecule has 0 saturated heterocycles. The first-order chi connectivity index (χ1) is 12.1. The third-order valence-corrected chi connectivity index (χ3v) is 4.00. The highest BCUT2D eigenvalue weighted by atomic mass is 16.6. The van der Waals surface area contributed by atoms with Crippen LogP contribution in [0, 0.1) is 17.0 Å². The van der Waals surface area contributed by atoms with Crippen LogP contribution >= 0.6 is 0 Å². The molecule has 25 heavy (non-hydrogen) atoms. The second-order valence-electron chi connectivity index (χ2n) is 5.86. The molecule has 0 N–H and O–H groups in total. The predicted octanol–water partition coefficient (Wildman–Crippen LogP) is 4.51. The molecule has 0 unspecified atom stereocenters. The minimum absolute atomic E-state index is 0.0446. The molecule has 0 atom stereocenters. The van der Waals surface area contributed by atoms with Crippen molar-refractivity contribution < 1.29 is 4.92 Å². The van der Waals surface area contributed by atoms with Crippen LogP contribution in [0.5, 0.6) is 0 Å². The van der Waals surface area contributed by atoms with Crippen LogP contribution < -0.4 is 4.90 Å². The third-order valence-electron chi connectivity index (χ3n) is 4.00. The van der Waals surface area contributed by atoms with Gasteiger partial charge < -0.3 is 4.90 Å². The van der Waals surface area contributed by atoms with E-state index in [0.717, 1.165) is 16.9 Å². The van der Waals surface area contributed by atoms with Crippen molar-refractivity contribution in [2.75, 3.05) is 4.90 Å². The molecule has 3 rings (SSSR count). The number of pyridine rings is 1. The molecule has 3 aromatic rings. The van der Waals surface area contributed by atoms with Crippen LogP contribution in [0.15, 0.2) is 72.8 Å². The zero-order chi connectivity index (χ0) is 17.6. The molecule has 2 aromatic carbocycles. The molecule has 1 aromatic heterocycles. The topological polar surface area (TPSA) is 59.3 Å². The van der Waals surface area contributed by atoms with Crippen LogP contribution in [0.1, 0.15) is 16.8 Å². The molecule has 0 aliphatic rings. The molecule has 0 saturated carbocycles. The number of nitrogens with zero attached hydrogens (tertiary/aromatic N) is 3. The Balaban J connectivity index is 1.92. The van der Waals surface area contributed by atoms with Gasteiger partial charge in [-0.2, -0.15) is 0 Å². The summed E-state index contributed by atoms with van der Waals surface area (Å²) in [4.78, 5) is 17.2. The average Bonchev–Trinajstić information content (AvgIpc) is 2.62. The number of aryl methyl sites for hydroxylation is 1. The smallest absolute Gasteiger partial charge is 0.290 e. The fraction of sp³-hybridized carbons (Fsp3) is 0.150. The lowest BCUT2D eigenvalue weighted by atomic mass is 10.1. The Labute approximate surface area is 146 Å². The maximum Gasteiger partial charge on any atom is 0.290 e. The minimum atomic E-state index is -0.398. The highest BCUT2D eigenvalue weighted by Crippen LogP contribution is 2.23. The number of rotatable bonds is 6. The van der Waals surface area contributed by atoms with E-state index in [2.05, 4.69) is 34.1 Å². The van der Waals surface area contributed by atoms with Gasteiger partial charge in [0.2, 0.25) is 0 Å². The fourth-order valence-corrected chi connectivity index (χ4v) is 2.74. The number of anilines is 1. The Bertz CT molecular complexity index is 810. The first kappa shape index (κ1) is 16.6. The second kappa shape index (κ2) is 7.57. The molecule has 0 fully saturated rings. The molecule has 5 nitrogen and oxygen atoms in total. The van der Waals surface area contributed by atoms with Crippen molar-refractivity contribution in [1.82, 2.24) is 4.98 Å². The SMILES string of the molecule is Cc1nc(N(Cc2ccccc2)Cc2ccccc2)ccc1[N+](=O)[O-]. The van der Waals surface area contributed by atoms with Gasteiger partial charge in [-0.25, -0.2) is 4.98 Å². The highest BCUT2D eigenvalue weighted by Gasteiger charge is 2.16. The molecule has 1 heterocycles. The van der Waals surface area contributed by atoms with Gasteiger partial charge in [-0.15, -0.1) is 0 Å². The summed E-state index contributed by atoms with van der Waals surface area (Å²) >= 11 is 0. The lowest BCUT2D eigenvalue weighted by Gasteiger charge is -2.24. The number of aromatic nitrogens is 1. The van der Waals surface area contributed by atoms with E-state index in [1.807, 2.05) is 36.4 Å². The number of hydrogen-bond acceptors (Lipinski definition) is 4. The summed E-state index contributed by atoms with van der Waals surface area (Å²) in [5, 5.41) is 11.0. The Morgan fingerprint density at radius 3 is 1.84 bits per heavy atom. The molecule has 0 radical (unpaired) electrons. The van der Waals surface area contributed by atoms with Crippen LogP contribution in [0.25, 0.3) is 0 Å². The number of benzene rings is 2. The third kappa shape index (κ3) is 4.20. The van der Waals surface area contributed by atoms with Gasteiger partial charge in [0, 0.05) is 19.2 Å². The normalized spacial score (nSPS) is 10.4. The summed E-state index contributed by atoms with van der Waals surface area (Å²) in [6, 6.07) is 23.5. The van der Waals surface area contributed by atoms with Gasteiger partial charge in [-0.05, 0) is 24.1 Å². The molecular weight excluding hydrogens is 314 g/mol. The summed E-state index contributed by atoms with van der Waals surface area (Å²) in [7, 11) is 0. The van der Waals surface area contributed by atoms with E-state index in [4.69, 9.17) is 0 Å². The lowest BCUT2D eigenvalue weighted by Crippen LogP contribution is -2.23. The molecule has 5 heteroatoms. The molecule has 0 aliphatic carbocycles. The average molecular weight is 333 g/mol. The highest BCUT2D eigenvalue weighted by molar-refractivity contribution is 5.47. The van der Waals surface area contributed by atoms with Gasteiger partial charge in [-0.3, -0.25) is 10.1 Å². The minimum Gasteiger partial charge on any atom is -0.348 e. The van der Waals surface area contributed by atoms with E-state index in [1.165, 1.54) is 6.07 Å². The van der Waals surface area contributed by atoms with Gasteiger partial charge >= 0.3 is 0 Å². The maximum atomic E-state index is 11.0. The van der Waals surface area contributed by atoms with E-state index in [9.17, 15) is 10.1 Å². The molecule has 0 aliphatic heterocycles. The van der Waals surface area contributed by atoms with Gasteiger partial charge in [0.15, 0.2) is 0 Å². The Hall–Kier alpha value is -3.21. The standard InChI is InChI=1S/C20H19N3O2/c1-16-19(23(24)25)12-13-20(21-16)22(14-17-8-4-2-5-9-17)15-18-10-6-3-7-11-18/h2-13H,14-15H2,1H3. The molecule has 0 spiro atoms. The molecule has 126 valence electrons. The monoisotopic (exact) mass is 333 g/mol. The van der Waals surface area contributed by atoms with Crippen molar-refractivity contribution in [2.45, 2.75) is 20.0 Å². The summed E-state index contributed by atoms with van der Waals surface area (Å²) in [5.41, 5.74) is 2.80. The molecular formula is C20H19N3O2. The summed E-state index contributed by atoms with van der Waals surface area (Å²) in [6.45, 7) is 3.03. The Morgan fingerprint density at radius 2 is 1.40 bits per heavy atom. The quantitative estimate of drug-likeness (QED) is 0.492. The van der Waals surface area contributed by atoms with E-state index in [0.29, 0.717) is 18.8 Å². The summed E-state index contributed by atoms with van der Waals surface area (Å²) in [6.07, 6.45) is 0. The van der Waals surface area contributed by atoms with Crippen molar-refractivity contribution in [3.05, 3.63) is 99.7 Å². The summed E-state index contributed by atoms with van der Waals surface area (Å²) in [5.74, 6) is 0.732. The number of nitro groups is 1. The first-order valence-electron chi connectivity index (χ1n) is 8.08. The largest absolute Gasteiger partial charge is 0.348 e. The van der Waals surface area contributed by atoms with Gasteiger partial charge in [0.1, 0.15) is 11.5 Å². The van der Waals surface area contributed by atoms with Crippen molar-refractivity contribution in [3.8, 4) is 0 Å². The van der Waals surface area contributed by atoms with E-state index in [1.54, 1.807) is 13.0 Å². The van der Waals surface area contributed by atoms with Gasteiger partial charge in [0.25, 0.3) is 5.69 Å². The summed E-state index contributed by atoms with van der Waals surface area (Å²) < 4.78 is 0. The van der Waals surface area contributed by atoms with Crippen molar-refractivity contribution in [3.63, 3.8) is 0 Å². The zero-order valence-electron chi connectivity index (χ0n) is 14.0. The van der Waals surface area contributed by atoms with E-state index >= 15 is 0 Å².